The highest BCUT2D eigenvalue weighted by Crippen LogP contribution is 2.18. The van der Waals surface area contributed by atoms with E-state index < -0.39 is 5.97 Å². The van der Waals surface area contributed by atoms with Crippen LogP contribution in [0.4, 0.5) is 0 Å². The summed E-state index contributed by atoms with van der Waals surface area (Å²) in [6, 6.07) is 2.41. The summed E-state index contributed by atoms with van der Waals surface area (Å²) >= 11 is 0. The number of nitrogens with zero attached hydrogens (tertiary/aromatic N) is 1. The van der Waals surface area contributed by atoms with E-state index in [1.807, 2.05) is 0 Å². The first-order chi connectivity index (χ1) is 12.6. The molecule has 0 fully saturated rings. The predicted molar refractivity (Wildman–Crippen MR) is 92.1 cm³/mol. The van der Waals surface area contributed by atoms with E-state index in [4.69, 9.17) is 23.8 Å². The molecular formula is C17H27NO8. The van der Waals surface area contributed by atoms with Gasteiger partial charge in [0.15, 0.2) is 0 Å². The summed E-state index contributed by atoms with van der Waals surface area (Å²) in [5.74, 6) is -1.37. The zero-order valence-electron chi connectivity index (χ0n) is 14.8. The van der Waals surface area contributed by atoms with Crippen molar-refractivity contribution in [2.75, 3.05) is 52.9 Å². The van der Waals surface area contributed by atoms with E-state index in [0.29, 0.717) is 51.0 Å². The summed E-state index contributed by atoms with van der Waals surface area (Å²) in [6.45, 7) is 7.10. The van der Waals surface area contributed by atoms with Gasteiger partial charge in [-0.2, -0.15) is 0 Å². The van der Waals surface area contributed by atoms with E-state index in [0.717, 1.165) is 6.42 Å². The number of aromatic nitrogens is 1. The van der Waals surface area contributed by atoms with E-state index in [2.05, 4.69) is 6.58 Å². The molecule has 0 spiro atoms. The standard InChI is InChI=1S/C17H27NO8/c1-2-3-7-22-9-11-24-13-14-25-12-10-23-8-6-17(21)26-18-15(19)4-5-16(18)20/h2,4-5,19-20H,1,3,6-14H2. The Hall–Kier alpha value is -2.07. The fourth-order valence-corrected chi connectivity index (χ4v) is 1.73. The van der Waals surface area contributed by atoms with Crippen molar-refractivity contribution in [1.82, 2.24) is 4.73 Å². The van der Waals surface area contributed by atoms with Crippen molar-refractivity contribution >= 4 is 5.97 Å². The lowest BCUT2D eigenvalue weighted by atomic mass is 10.5. The third-order valence-corrected chi connectivity index (χ3v) is 3.02. The zero-order valence-corrected chi connectivity index (χ0v) is 14.8. The Morgan fingerprint density at radius 1 is 0.885 bits per heavy atom. The molecular weight excluding hydrogens is 346 g/mol. The molecule has 26 heavy (non-hydrogen) atoms. The van der Waals surface area contributed by atoms with Gasteiger partial charge in [-0.1, -0.05) is 6.08 Å². The first-order valence-corrected chi connectivity index (χ1v) is 8.38. The van der Waals surface area contributed by atoms with Crippen LogP contribution in [0.1, 0.15) is 12.8 Å². The predicted octanol–water partition coefficient (Wildman–Crippen LogP) is 0.887. The van der Waals surface area contributed by atoms with Crippen molar-refractivity contribution in [3.05, 3.63) is 24.8 Å². The van der Waals surface area contributed by atoms with Gasteiger partial charge in [0, 0.05) is 12.1 Å². The summed E-state index contributed by atoms with van der Waals surface area (Å²) in [7, 11) is 0. The highest BCUT2D eigenvalue weighted by molar-refractivity contribution is 5.70. The molecule has 1 aromatic rings. The molecule has 0 bridgehead atoms. The van der Waals surface area contributed by atoms with Gasteiger partial charge in [-0.3, -0.25) is 0 Å². The molecule has 0 unspecified atom stereocenters. The number of aromatic hydroxyl groups is 2. The van der Waals surface area contributed by atoms with Crippen LogP contribution in [0.2, 0.25) is 0 Å². The molecule has 0 saturated carbocycles. The second-order valence-electron chi connectivity index (χ2n) is 5.08. The topological polar surface area (TPSA) is 109 Å². The third-order valence-electron chi connectivity index (χ3n) is 3.02. The van der Waals surface area contributed by atoms with Crippen LogP contribution in [0.3, 0.4) is 0 Å². The molecule has 9 nitrogen and oxygen atoms in total. The Morgan fingerprint density at radius 2 is 1.35 bits per heavy atom. The minimum Gasteiger partial charge on any atom is -0.492 e. The largest absolute Gasteiger partial charge is 0.492 e. The van der Waals surface area contributed by atoms with Gasteiger partial charge in [-0.15, -0.1) is 11.3 Å². The number of ether oxygens (including phenoxy) is 4. The van der Waals surface area contributed by atoms with Gasteiger partial charge in [0.1, 0.15) is 0 Å². The van der Waals surface area contributed by atoms with Gasteiger partial charge in [0.05, 0.1) is 59.3 Å². The van der Waals surface area contributed by atoms with Gasteiger partial charge in [0.2, 0.25) is 11.8 Å². The molecule has 0 aliphatic rings. The maximum Gasteiger partial charge on any atom is 0.335 e. The summed E-state index contributed by atoms with van der Waals surface area (Å²) in [5.41, 5.74) is 0. The van der Waals surface area contributed by atoms with Gasteiger partial charge in [-0.25, -0.2) is 4.79 Å². The summed E-state index contributed by atoms with van der Waals surface area (Å²) < 4.78 is 21.8. The van der Waals surface area contributed by atoms with Crippen molar-refractivity contribution in [3.8, 4) is 11.8 Å². The van der Waals surface area contributed by atoms with Gasteiger partial charge < -0.3 is 34.0 Å². The summed E-state index contributed by atoms with van der Waals surface area (Å²) in [5, 5.41) is 18.7. The van der Waals surface area contributed by atoms with Crippen LogP contribution >= 0.6 is 0 Å². The Labute approximate surface area is 152 Å². The van der Waals surface area contributed by atoms with Crippen LogP contribution in [0, 0.1) is 0 Å². The SMILES string of the molecule is C=CCCOCCOCCOCCOCCC(=O)On1c(O)ccc1O. The van der Waals surface area contributed by atoms with Crippen LogP contribution in [0.15, 0.2) is 24.8 Å². The second kappa shape index (κ2) is 14.1. The van der Waals surface area contributed by atoms with Crippen LogP contribution < -0.4 is 4.84 Å². The van der Waals surface area contributed by atoms with E-state index in [1.54, 1.807) is 6.08 Å². The molecule has 1 aromatic heterocycles. The number of hydrogen-bond donors (Lipinski definition) is 2. The number of hydrogen-bond acceptors (Lipinski definition) is 8. The van der Waals surface area contributed by atoms with E-state index >= 15 is 0 Å². The lowest BCUT2D eigenvalue weighted by molar-refractivity contribution is -0.146. The zero-order chi connectivity index (χ0) is 19.0. The van der Waals surface area contributed by atoms with Crippen molar-refractivity contribution in [2.45, 2.75) is 12.8 Å². The highest BCUT2D eigenvalue weighted by atomic mass is 16.7. The molecule has 0 saturated heterocycles. The van der Waals surface area contributed by atoms with Crippen molar-refractivity contribution in [1.29, 1.82) is 0 Å². The van der Waals surface area contributed by atoms with E-state index in [-0.39, 0.29) is 24.8 Å². The van der Waals surface area contributed by atoms with Gasteiger partial charge in [-0.05, 0) is 6.42 Å². The Morgan fingerprint density at radius 3 is 1.85 bits per heavy atom. The maximum absolute atomic E-state index is 11.5. The molecule has 2 N–H and O–H groups in total. The first kappa shape index (κ1) is 22.0. The fourth-order valence-electron chi connectivity index (χ4n) is 1.73. The molecule has 0 aliphatic heterocycles. The lowest BCUT2D eigenvalue weighted by Gasteiger charge is -2.08. The second-order valence-corrected chi connectivity index (χ2v) is 5.08. The van der Waals surface area contributed by atoms with Gasteiger partial charge >= 0.3 is 5.97 Å². The smallest absolute Gasteiger partial charge is 0.335 e. The number of rotatable bonds is 16. The van der Waals surface area contributed by atoms with Crippen molar-refractivity contribution in [2.24, 2.45) is 0 Å². The number of carbonyl (C=O) groups is 1. The molecule has 1 heterocycles. The van der Waals surface area contributed by atoms with Crippen molar-refractivity contribution < 1.29 is 38.8 Å². The molecule has 0 aromatic carbocycles. The molecule has 0 atom stereocenters. The Bertz CT molecular complexity index is 497. The van der Waals surface area contributed by atoms with Crippen LogP contribution in [-0.4, -0.2) is 73.8 Å². The fraction of sp³-hybridized carbons (Fsp3) is 0.588. The van der Waals surface area contributed by atoms with Crippen LogP contribution in [0.5, 0.6) is 11.8 Å². The maximum atomic E-state index is 11.5. The van der Waals surface area contributed by atoms with Crippen molar-refractivity contribution in [3.63, 3.8) is 0 Å². The Kier molecular flexibility index (Phi) is 11.9. The van der Waals surface area contributed by atoms with E-state index in [9.17, 15) is 15.0 Å². The first-order valence-electron chi connectivity index (χ1n) is 8.38. The quantitative estimate of drug-likeness (QED) is 0.325. The normalized spacial score (nSPS) is 10.8. The average molecular weight is 373 g/mol. The summed E-state index contributed by atoms with van der Waals surface area (Å²) in [6.07, 6.45) is 2.61. The monoisotopic (exact) mass is 373 g/mol. The average Bonchev–Trinajstić information content (AvgIpc) is 2.94. The Balaban J connectivity index is 1.86. The molecule has 0 amide bonds. The summed E-state index contributed by atoms with van der Waals surface area (Å²) in [4.78, 5) is 16.3. The van der Waals surface area contributed by atoms with Crippen LogP contribution in [-0.2, 0) is 23.7 Å². The minimum absolute atomic E-state index is 0.0218. The molecule has 9 heteroatoms. The van der Waals surface area contributed by atoms with Crippen LogP contribution in [0.25, 0.3) is 0 Å². The molecule has 148 valence electrons. The van der Waals surface area contributed by atoms with E-state index in [1.165, 1.54) is 12.1 Å². The molecule has 1 rings (SSSR count). The third kappa shape index (κ3) is 10.0. The minimum atomic E-state index is -0.642. The number of carbonyl (C=O) groups excluding carboxylic acids is 1. The molecule has 0 aliphatic carbocycles. The molecule has 0 radical (unpaired) electrons. The highest BCUT2D eigenvalue weighted by Gasteiger charge is 2.11. The lowest BCUT2D eigenvalue weighted by Crippen LogP contribution is -2.20. The van der Waals surface area contributed by atoms with Gasteiger partial charge in [0.25, 0.3) is 0 Å².